The van der Waals surface area contributed by atoms with Gasteiger partial charge in [0.15, 0.2) is 0 Å². The van der Waals surface area contributed by atoms with Gasteiger partial charge < -0.3 is 20.5 Å². The summed E-state index contributed by atoms with van der Waals surface area (Å²) in [6.45, 7) is 3.49. The summed E-state index contributed by atoms with van der Waals surface area (Å²) in [6.07, 6.45) is 2.11. The first kappa shape index (κ1) is 22.8. The topological polar surface area (TPSA) is 105 Å². The molecule has 2 aliphatic rings. The Kier molecular flexibility index (Phi) is 6.40. The fourth-order valence-corrected chi connectivity index (χ4v) is 4.62. The molecule has 2 aliphatic carbocycles. The van der Waals surface area contributed by atoms with E-state index in [1.54, 1.807) is 13.8 Å². The summed E-state index contributed by atoms with van der Waals surface area (Å²) in [5.41, 5.74) is 3.20. The number of hydrogen-bond donors (Lipinski definition) is 3. The van der Waals surface area contributed by atoms with Gasteiger partial charge in [0.25, 0.3) is 0 Å². The fourth-order valence-electron chi connectivity index (χ4n) is 4.62. The zero-order valence-electron chi connectivity index (χ0n) is 19.0. The number of nitrogens with one attached hydrogen (secondary N) is 2. The molecule has 2 atom stereocenters. The van der Waals surface area contributed by atoms with E-state index in [1.807, 2.05) is 36.4 Å². The van der Waals surface area contributed by atoms with E-state index in [0.717, 1.165) is 41.5 Å². The van der Waals surface area contributed by atoms with Crippen molar-refractivity contribution in [1.29, 1.82) is 0 Å². The van der Waals surface area contributed by atoms with Crippen molar-refractivity contribution in [2.75, 3.05) is 6.61 Å². The van der Waals surface area contributed by atoms with Crippen LogP contribution in [-0.2, 0) is 14.3 Å². The summed E-state index contributed by atoms with van der Waals surface area (Å²) in [6, 6.07) is 15.2. The molecule has 7 heteroatoms. The van der Waals surface area contributed by atoms with Crippen LogP contribution < -0.4 is 10.6 Å². The number of amides is 2. The molecular formula is C26H30N2O5. The number of rotatable bonds is 8. The summed E-state index contributed by atoms with van der Waals surface area (Å²) < 4.78 is 5.57. The minimum Gasteiger partial charge on any atom is -0.480 e. The van der Waals surface area contributed by atoms with Crippen molar-refractivity contribution in [3.05, 3.63) is 59.7 Å². The number of carbonyl (C=O) groups excluding carboxylic acids is 2. The molecule has 1 saturated carbocycles. The molecule has 2 unspecified atom stereocenters. The number of benzene rings is 2. The van der Waals surface area contributed by atoms with E-state index in [2.05, 4.69) is 22.8 Å². The first-order chi connectivity index (χ1) is 15.8. The predicted molar refractivity (Wildman–Crippen MR) is 124 cm³/mol. The third-order valence-corrected chi connectivity index (χ3v) is 7.10. The lowest BCUT2D eigenvalue weighted by Crippen LogP contribution is -2.61. The molecule has 3 N–H and O–H groups in total. The van der Waals surface area contributed by atoms with E-state index in [1.165, 1.54) is 0 Å². The largest absolute Gasteiger partial charge is 0.480 e. The van der Waals surface area contributed by atoms with Crippen LogP contribution in [0.3, 0.4) is 0 Å². The van der Waals surface area contributed by atoms with Crippen molar-refractivity contribution >= 4 is 18.0 Å². The number of aliphatic carboxylic acids is 1. The Morgan fingerprint density at radius 1 is 1.06 bits per heavy atom. The van der Waals surface area contributed by atoms with Gasteiger partial charge in [0.1, 0.15) is 18.2 Å². The third-order valence-electron chi connectivity index (χ3n) is 7.10. The highest BCUT2D eigenvalue weighted by molar-refractivity contribution is 5.92. The van der Waals surface area contributed by atoms with Gasteiger partial charge in [0.05, 0.1) is 0 Å². The zero-order chi connectivity index (χ0) is 23.6. The number of carbonyl (C=O) groups is 3. The number of hydrogen-bond acceptors (Lipinski definition) is 4. The van der Waals surface area contributed by atoms with Crippen LogP contribution in [0.1, 0.15) is 56.6 Å². The quantitative estimate of drug-likeness (QED) is 0.563. The summed E-state index contributed by atoms with van der Waals surface area (Å²) in [7, 11) is 0. The van der Waals surface area contributed by atoms with Gasteiger partial charge in [-0.2, -0.15) is 0 Å². The van der Waals surface area contributed by atoms with E-state index >= 15 is 0 Å². The minimum atomic E-state index is -1.28. The van der Waals surface area contributed by atoms with Gasteiger partial charge in [-0.05, 0) is 54.4 Å². The molecule has 33 heavy (non-hydrogen) atoms. The van der Waals surface area contributed by atoms with Crippen LogP contribution >= 0.6 is 0 Å². The molecule has 0 aliphatic heterocycles. The Morgan fingerprint density at radius 3 is 2.12 bits per heavy atom. The molecule has 0 heterocycles. The smallest absolute Gasteiger partial charge is 0.408 e. The van der Waals surface area contributed by atoms with Crippen molar-refractivity contribution in [1.82, 2.24) is 10.6 Å². The average Bonchev–Trinajstić information content (AvgIpc) is 3.09. The van der Waals surface area contributed by atoms with Crippen molar-refractivity contribution in [3.8, 4) is 11.1 Å². The summed E-state index contributed by atoms with van der Waals surface area (Å²) in [4.78, 5) is 37.3. The van der Waals surface area contributed by atoms with Gasteiger partial charge in [0.2, 0.25) is 5.91 Å². The molecule has 7 nitrogen and oxygen atoms in total. The summed E-state index contributed by atoms with van der Waals surface area (Å²) >= 11 is 0. The number of alkyl carbamates (subject to hydrolysis) is 1. The highest BCUT2D eigenvalue weighted by Gasteiger charge is 2.40. The lowest BCUT2D eigenvalue weighted by atomic mass is 9.79. The normalized spacial score (nSPS) is 17.6. The second-order valence-electron chi connectivity index (χ2n) is 9.12. The summed E-state index contributed by atoms with van der Waals surface area (Å²) in [5, 5.41) is 14.8. The molecule has 0 bridgehead atoms. The van der Waals surface area contributed by atoms with E-state index in [0.29, 0.717) is 6.42 Å². The Hall–Kier alpha value is -3.35. The zero-order valence-corrected chi connectivity index (χ0v) is 19.0. The molecule has 174 valence electrons. The maximum Gasteiger partial charge on any atom is 0.408 e. The third kappa shape index (κ3) is 4.45. The Bertz CT molecular complexity index is 1020. The van der Waals surface area contributed by atoms with Crippen molar-refractivity contribution < 1.29 is 24.2 Å². The molecule has 0 spiro atoms. The molecule has 4 rings (SSSR count). The second kappa shape index (κ2) is 9.25. The molecule has 0 saturated heterocycles. The minimum absolute atomic E-state index is 0.0676. The first-order valence-corrected chi connectivity index (χ1v) is 11.5. The lowest BCUT2D eigenvalue weighted by molar-refractivity contribution is -0.145. The van der Waals surface area contributed by atoms with Gasteiger partial charge >= 0.3 is 12.1 Å². The maximum absolute atomic E-state index is 12.9. The number of carboxylic acid groups (broad SMARTS) is 1. The first-order valence-electron chi connectivity index (χ1n) is 11.5. The highest BCUT2D eigenvalue weighted by atomic mass is 16.5. The fraction of sp³-hybridized carbons (Fsp3) is 0.423. The SMILES string of the molecule is CCC(C)(NC(=O)OCC1c2ccccc2-c2ccccc21)C(=O)NC(C(=O)O)C1CCC1. The van der Waals surface area contributed by atoms with Gasteiger partial charge in [-0.1, -0.05) is 61.9 Å². The number of fused-ring (bicyclic) bond motifs is 3. The second-order valence-corrected chi connectivity index (χ2v) is 9.12. The Balaban J connectivity index is 1.41. The number of carboxylic acids is 1. The van der Waals surface area contributed by atoms with E-state index in [-0.39, 0.29) is 18.4 Å². The molecule has 2 aromatic carbocycles. The van der Waals surface area contributed by atoms with Crippen LogP contribution in [0.15, 0.2) is 48.5 Å². The predicted octanol–water partition coefficient (Wildman–Crippen LogP) is 4.06. The number of ether oxygens (including phenoxy) is 1. The molecule has 1 fully saturated rings. The van der Waals surface area contributed by atoms with Crippen LogP contribution in [0.2, 0.25) is 0 Å². The van der Waals surface area contributed by atoms with Crippen LogP contribution in [-0.4, -0.2) is 41.3 Å². The van der Waals surface area contributed by atoms with E-state index < -0.39 is 29.6 Å². The van der Waals surface area contributed by atoms with Crippen molar-refractivity contribution in [2.45, 2.75) is 57.0 Å². The maximum atomic E-state index is 12.9. The monoisotopic (exact) mass is 450 g/mol. The molecule has 0 aromatic heterocycles. The van der Waals surface area contributed by atoms with Crippen molar-refractivity contribution in [3.63, 3.8) is 0 Å². The van der Waals surface area contributed by atoms with Gasteiger partial charge in [-0.3, -0.25) is 4.79 Å². The van der Waals surface area contributed by atoms with Crippen LogP contribution in [0.25, 0.3) is 11.1 Å². The Morgan fingerprint density at radius 2 is 1.64 bits per heavy atom. The standard InChI is InChI=1S/C26H30N2O5/c1-3-26(2,24(31)27-22(23(29)30)16-9-8-10-16)28-25(32)33-15-21-19-13-6-4-11-17(19)18-12-5-7-14-20(18)21/h4-7,11-14,16,21-22H,3,8-10,15H2,1-2H3,(H,27,31)(H,28,32)(H,29,30). The molecule has 2 amide bonds. The lowest BCUT2D eigenvalue weighted by Gasteiger charge is -2.35. The molecular weight excluding hydrogens is 420 g/mol. The van der Waals surface area contributed by atoms with Gasteiger partial charge in [-0.25, -0.2) is 9.59 Å². The van der Waals surface area contributed by atoms with Crippen LogP contribution in [0, 0.1) is 5.92 Å². The van der Waals surface area contributed by atoms with Crippen LogP contribution in [0.5, 0.6) is 0 Å². The molecule has 2 aromatic rings. The average molecular weight is 451 g/mol. The summed E-state index contributed by atoms with van der Waals surface area (Å²) in [5.74, 6) is -1.72. The Labute approximate surface area is 193 Å². The van der Waals surface area contributed by atoms with E-state index in [9.17, 15) is 19.5 Å². The molecule has 0 radical (unpaired) electrons. The van der Waals surface area contributed by atoms with Gasteiger partial charge in [-0.15, -0.1) is 0 Å². The van der Waals surface area contributed by atoms with E-state index in [4.69, 9.17) is 4.74 Å². The van der Waals surface area contributed by atoms with Crippen molar-refractivity contribution in [2.24, 2.45) is 5.92 Å². The highest BCUT2D eigenvalue weighted by Crippen LogP contribution is 2.44. The van der Waals surface area contributed by atoms with Gasteiger partial charge in [0, 0.05) is 5.92 Å². The van der Waals surface area contributed by atoms with Crippen LogP contribution in [0.4, 0.5) is 4.79 Å².